The zero-order chi connectivity index (χ0) is 26.9. The van der Waals surface area contributed by atoms with Crippen LogP contribution in [0.5, 0.6) is 0 Å². The molecule has 0 aromatic heterocycles. The fraction of sp³-hybridized carbons (Fsp3) is 0.167. The van der Waals surface area contributed by atoms with Gasteiger partial charge in [0.05, 0.1) is 0 Å². The van der Waals surface area contributed by atoms with Crippen LogP contribution < -0.4 is 24.8 Å². The molecule has 40 heavy (non-hydrogen) atoms. The van der Waals surface area contributed by atoms with Crippen LogP contribution in [0, 0.1) is 24.7 Å². The van der Waals surface area contributed by atoms with E-state index in [1.807, 2.05) is 0 Å². The Balaban J connectivity index is 0.000000237. The van der Waals surface area contributed by atoms with Crippen molar-refractivity contribution in [3.8, 4) is 0 Å². The summed E-state index contributed by atoms with van der Waals surface area (Å²) in [6, 6.07) is 21.2. The SMILES string of the molecule is CC1C=C2C(=CC=CC=C2c2ccccc2)[CH-]1.CC1C=C2C(=CC=CC=C2c2ccccc2)[CH-]1.C[Si](C)=[Zr+2].[Cl-].[Cl-]. The van der Waals surface area contributed by atoms with E-state index in [0.29, 0.717) is 11.8 Å². The Hall–Kier alpha value is -2.22. The molecular weight excluding hydrogens is 623 g/mol. The second-order valence-corrected chi connectivity index (χ2v) is 19.5. The summed E-state index contributed by atoms with van der Waals surface area (Å²) < 4.78 is 0. The van der Waals surface area contributed by atoms with Gasteiger partial charge in [-0.2, -0.15) is 36.1 Å². The van der Waals surface area contributed by atoms with Crippen LogP contribution in [-0.2, 0) is 23.3 Å². The second-order valence-electron chi connectivity index (χ2n) is 10.1. The molecule has 0 N–H and O–H groups in total. The zero-order valence-electron chi connectivity index (χ0n) is 23.6. The molecule has 0 nitrogen and oxygen atoms in total. The first kappa shape index (κ1) is 34.0. The van der Waals surface area contributed by atoms with Gasteiger partial charge in [0, 0.05) is 0 Å². The Morgan fingerprint density at radius 2 is 0.875 bits per heavy atom. The van der Waals surface area contributed by atoms with Crippen LogP contribution in [0.1, 0.15) is 25.0 Å². The van der Waals surface area contributed by atoms with Crippen LogP contribution in [0.3, 0.4) is 0 Å². The van der Waals surface area contributed by atoms with Crippen molar-refractivity contribution in [2.75, 3.05) is 0 Å². The second kappa shape index (κ2) is 16.9. The molecule has 2 aromatic rings. The Morgan fingerprint density at radius 1 is 0.550 bits per heavy atom. The summed E-state index contributed by atoms with van der Waals surface area (Å²) in [7, 11) is 0. The van der Waals surface area contributed by atoms with Gasteiger partial charge in [0.2, 0.25) is 0 Å². The minimum absolute atomic E-state index is 0. The van der Waals surface area contributed by atoms with E-state index in [0.717, 1.165) is 0 Å². The molecule has 0 saturated heterocycles. The van der Waals surface area contributed by atoms with Gasteiger partial charge < -0.3 is 24.8 Å². The number of rotatable bonds is 2. The standard InChI is InChI=1S/2C17H15.C2H6Si.2ClH.Zr/c2*1-13-11-15-9-5-6-10-16(17(15)12-13)14-7-3-2-4-8-14;1-3-2;;;/h2*2-13H,1H3;1-2H3;2*1H;/q2*-1;;;;+2/p-2. The van der Waals surface area contributed by atoms with Gasteiger partial charge in [-0.25, -0.2) is 0 Å². The van der Waals surface area contributed by atoms with Crippen LogP contribution in [0.25, 0.3) is 11.1 Å². The Morgan fingerprint density at radius 3 is 1.23 bits per heavy atom. The van der Waals surface area contributed by atoms with E-state index in [-0.39, 0.29) is 30.2 Å². The normalized spacial score (nSPS) is 19.4. The summed E-state index contributed by atoms with van der Waals surface area (Å²) in [5.41, 5.74) is 10.9. The fourth-order valence-electron chi connectivity index (χ4n) is 4.88. The molecular formula is C36H36Cl2SiZr-2. The molecule has 0 aliphatic heterocycles. The number of halogens is 2. The Labute approximate surface area is 269 Å². The monoisotopic (exact) mass is 656 g/mol. The van der Waals surface area contributed by atoms with Crippen molar-refractivity contribution < 1.29 is 48.1 Å². The van der Waals surface area contributed by atoms with Crippen LogP contribution in [-0.4, -0.2) is 5.43 Å². The van der Waals surface area contributed by atoms with Gasteiger partial charge in [-0.1, -0.05) is 122 Å². The Bertz CT molecular complexity index is 1300. The molecule has 4 aliphatic rings. The third-order valence-corrected chi connectivity index (χ3v) is 6.42. The average Bonchev–Trinajstić information content (AvgIpc) is 3.31. The molecule has 2 atom stereocenters. The summed E-state index contributed by atoms with van der Waals surface area (Å²) in [6.07, 6.45) is 26.6. The van der Waals surface area contributed by atoms with Gasteiger partial charge >= 0.3 is 41.9 Å². The van der Waals surface area contributed by atoms with E-state index in [9.17, 15) is 0 Å². The molecule has 0 radical (unpaired) electrons. The van der Waals surface area contributed by atoms with Crippen LogP contribution in [0.2, 0.25) is 13.1 Å². The maximum Gasteiger partial charge on any atom is -1.00 e. The Kier molecular flexibility index (Phi) is 14.4. The van der Waals surface area contributed by atoms with Gasteiger partial charge in [-0.3, -0.25) is 0 Å². The van der Waals surface area contributed by atoms with Gasteiger partial charge in [0.1, 0.15) is 0 Å². The molecule has 0 heterocycles. The molecule has 4 heteroatoms. The molecule has 4 aliphatic carbocycles. The van der Waals surface area contributed by atoms with Crippen LogP contribution in [0.4, 0.5) is 0 Å². The van der Waals surface area contributed by atoms with Crippen molar-refractivity contribution in [3.05, 3.63) is 168 Å². The van der Waals surface area contributed by atoms with Crippen LogP contribution >= 0.6 is 0 Å². The topological polar surface area (TPSA) is 0 Å². The van der Waals surface area contributed by atoms with Gasteiger partial charge in [0.25, 0.3) is 0 Å². The summed E-state index contributed by atoms with van der Waals surface area (Å²) in [4.78, 5) is 0. The maximum absolute atomic E-state index is 2.34. The average molecular weight is 659 g/mol. The molecule has 0 amide bonds. The van der Waals surface area contributed by atoms with E-state index < -0.39 is 0 Å². The minimum atomic E-state index is 0. The molecule has 6 rings (SSSR count). The number of fused-ring (bicyclic) bond motifs is 2. The number of allylic oxidation sites excluding steroid dienone is 16. The van der Waals surface area contributed by atoms with Crippen LogP contribution in [0.15, 0.2) is 144 Å². The predicted molar refractivity (Wildman–Crippen MR) is 164 cm³/mol. The summed E-state index contributed by atoms with van der Waals surface area (Å²) >= 11 is 1.74. The predicted octanol–water partition coefficient (Wildman–Crippen LogP) is 3.49. The van der Waals surface area contributed by atoms with Crippen molar-refractivity contribution in [1.29, 1.82) is 0 Å². The number of hydrogen-bond donors (Lipinski definition) is 0. The molecule has 0 spiro atoms. The third-order valence-electron chi connectivity index (χ3n) is 6.42. The largest absolute Gasteiger partial charge is 1.00 e. The van der Waals surface area contributed by atoms with Crippen molar-refractivity contribution >= 4 is 16.6 Å². The molecule has 2 unspecified atom stereocenters. The van der Waals surface area contributed by atoms with Crippen molar-refractivity contribution in [2.24, 2.45) is 11.8 Å². The van der Waals surface area contributed by atoms with E-state index >= 15 is 0 Å². The quantitative estimate of drug-likeness (QED) is 0.343. The van der Waals surface area contributed by atoms with Gasteiger partial charge in [-0.05, 0) is 11.1 Å². The van der Waals surface area contributed by atoms with E-state index in [1.54, 1.807) is 23.3 Å². The maximum atomic E-state index is 2.34. The summed E-state index contributed by atoms with van der Waals surface area (Å²) in [5, 5.41) is 0. The first-order valence-corrected chi connectivity index (χ1v) is 19.6. The number of benzene rings is 2. The van der Waals surface area contributed by atoms with Gasteiger partial charge in [-0.15, -0.1) is 35.5 Å². The zero-order valence-corrected chi connectivity index (χ0v) is 28.6. The van der Waals surface area contributed by atoms with Crippen molar-refractivity contribution in [3.63, 3.8) is 0 Å². The molecule has 2 aromatic carbocycles. The summed E-state index contributed by atoms with van der Waals surface area (Å²) in [6.45, 7) is 9.08. The molecule has 204 valence electrons. The van der Waals surface area contributed by atoms with E-state index in [1.165, 1.54) is 44.6 Å². The van der Waals surface area contributed by atoms with Gasteiger partial charge in [0.15, 0.2) is 0 Å². The van der Waals surface area contributed by atoms with Crippen molar-refractivity contribution in [1.82, 2.24) is 0 Å². The summed E-state index contributed by atoms with van der Waals surface area (Å²) in [5.74, 6) is 1.07. The van der Waals surface area contributed by atoms with E-state index in [2.05, 4.69) is 161 Å². The minimum Gasteiger partial charge on any atom is -1.00 e. The van der Waals surface area contributed by atoms with Crippen molar-refractivity contribution in [2.45, 2.75) is 26.9 Å². The molecule has 0 bridgehead atoms. The molecule has 0 saturated carbocycles. The smallest absolute Gasteiger partial charge is 1.00 e. The third kappa shape index (κ3) is 9.42. The van der Waals surface area contributed by atoms with E-state index in [4.69, 9.17) is 0 Å². The number of hydrogen-bond acceptors (Lipinski definition) is 0. The fourth-order valence-corrected chi connectivity index (χ4v) is 4.88. The first-order valence-electron chi connectivity index (χ1n) is 13.4. The molecule has 0 fully saturated rings. The first-order chi connectivity index (χ1) is 18.4.